The van der Waals surface area contributed by atoms with Crippen LogP contribution in [0, 0.1) is 25.7 Å². The van der Waals surface area contributed by atoms with Crippen LogP contribution in [-0.2, 0) is 14.4 Å². The molecule has 9 heteroatoms. The first kappa shape index (κ1) is 29.9. The van der Waals surface area contributed by atoms with Crippen molar-refractivity contribution in [3.05, 3.63) is 54.6 Å². The molecule has 3 aliphatic rings. The van der Waals surface area contributed by atoms with E-state index in [2.05, 4.69) is 29.1 Å². The predicted molar refractivity (Wildman–Crippen MR) is 161 cm³/mol. The summed E-state index contributed by atoms with van der Waals surface area (Å²) < 4.78 is -0.699. The molecule has 1 aromatic carbocycles. The highest BCUT2D eigenvalue weighted by molar-refractivity contribution is 9.09. The number of halogens is 1. The molecule has 7 nitrogen and oxygen atoms in total. The summed E-state index contributed by atoms with van der Waals surface area (Å²) >= 11 is 5.50. The Balaban J connectivity index is 1.80. The fraction of sp³-hybridized carbons (Fsp3) is 0.567. The lowest BCUT2D eigenvalue weighted by molar-refractivity contribution is -0.143. The van der Waals surface area contributed by atoms with Gasteiger partial charge in [0.15, 0.2) is 0 Å². The molecule has 0 aliphatic carbocycles. The number of aryl methyl sites for hydroxylation is 2. The van der Waals surface area contributed by atoms with E-state index in [1.165, 1.54) is 0 Å². The van der Waals surface area contributed by atoms with Crippen molar-refractivity contribution in [1.82, 2.24) is 9.80 Å². The van der Waals surface area contributed by atoms with Gasteiger partial charge in [0.25, 0.3) is 5.91 Å². The van der Waals surface area contributed by atoms with Crippen LogP contribution in [0.5, 0.6) is 0 Å². The number of thioether (sulfide) groups is 1. The molecule has 0 saturated carbocycles. The van der Waals surface area contributed by atoms with Crippen molar-refractivity contribution in [2.24, 2.45) is 11.8 Å². The van der Waals surface area contributed by atoms with Gasteiger partial charge in [-0.3, -0.25) is 14.4 Å². The summed E-state index contributed by atoms with van der Waals surface area (Å²) in [7, 11) is 1.75. The molecule has 2 bridgehead atoms. The van der Waals surface area contributed by atoms with Crippen LogP contribution in [0.4, 0.5) is 5.69 Å². The van der Waals surface area contributed by atoms with E-state index in [0.29, 0.717) is 38.9 Å². The number of carbonyl (C=O) groups excluding carboxylic acids is 3. The van der Waals surface area contributed by atoms with E-state index >= 15 is 0 Å². The van der Waals surface area contributed by atoms with Gasteiger partial charge in [0.05, 0.1) is 16.6 Å². The average molecular weight is 619 g/mol. The van der Waals surface area contributed by atoms with Crippen molar-refractivity contribution >= 4 is 51.1 Å². The first-order valence-electron chi connectivity index (χ1n) is 13.7. The van der Waals surface area contributed by atoms with Gasteiger partial charge in [-0.05, 0) is 50.7 Å². The summed E-state index contributed by atoms with van der Waals surface area (Å²) in [4.78, 5) is 47.9. The van der Waals surface area contributed by atoms with E-state index in [4.69, 9.17) is 0 Å². The smallest absolute Gasteiger partial charge is 0.251 e. The molecule has 3 heterocycles. The number of benzene rings is 1. The van der Waals surface area contributed by atoms with Crippen molar-refractivity contribution < 1.29 is 19.5 Å². The molecule has 6 atom stereocenters. The zero-order valence-electron chi connectivity index (χ0n) is 23.1. The van der Waals surface area contributed by atoms with Gasteiger partial charge in [-0.2, -0.15) is 0 Å². The number of fused-ring (bicyclic) bond motifs is 1. The quantitative estimate of drug-likeness (QED) is 0.217. The largest absolute Gasteiger partial charge is 0.396 e. The summed E-state index contributed by atoms with van der Waals surface area (Å²) in [5.41, 5.74) is 2.82. The number of nitrogens with zero attached hydrogens (tertiary/aromatic N) is 3. The number of alkyl halides is 1. The lowest BCUT2D eigenvalue weighted by Gasteiger charge is -2.38. The number of anilines is 1. The predicted octanol–water partition coefficient (Wildman–Crippen LogP) is 4.09. The van der Waals surface area contributed by atoms with Crippen LogP contribution >= 0.6 is 27.7 Å². The Labute approximate surface area is 244 Å². The van der Waals surface area contributed by atoms with E-state index in [1.807, 2.05) is 32.0 Å². The van der Waals surface area contributed by atoms with Crippen LogP contribution < -0.4 is 4.90 Å². The molecule has 1 N–H and O–H groups in total. The van der Waals surface area contributed by atoms with Gasteiger partial charge < -0.3 is 19.8 Å². The molecular weight excluding hydrogens is 578 g/mol. The highest BCUT2D eigenvalue weighted by Crippen LogP contribution is 2.68. The summed E-state index contributed by atoms with van der Waals surface area (Å²) in [5, 5.41) is 9.20. The Morgan fingerprint density at radius 1 is 1.15 bits per heavy atom. The number of unbranched alkanes of at least 4 members (excludes halogenated alkanes) is 2. The molecule has 1 spiro atoms. The summed E-state index contributed by atoms with van der Waals surface area (Å²) in [6, 6.07) is 5.27. The average Bonchev–Trinajstić information content (AvgIpc) is 3.48. The Morgan fingerprint density at radius 3 is 2.44 bits per heavy atom. The van der Waals surface area contributed by atoms with Gasteiger partial charge in [0.1, 0.15) is 6.04 Å². The van der Waals surface area contributed by atoms with Crippen LogP contribution in [0.25, 0.3) is 0 Å². The fourth-order valence-corrected chi connectivity index (χ4v) is 10.4. The number of para-hydroxylation sites is 1. The van der Waals surface area contributed by atoms with E-state index in [-0.39, 0.29) is 34.4 Å². The molecule has 212 valence electrons. The molecule has 3 saturated heterocycles. The number of amides is 3. The van der Waals surface area contributed by atoms with Crippen LogP contribution in [0.3, 0.4) is 0 Å². The molecule has 3 amide bonds. The number of rotatable bonds is 12. The molecule has 3 fully saturated rings. The standard InChI is InChI=1S/C30H40BrN3O4S/c1-6-14-32(5)27(36)22-23-28(37)34(16-9-8-10-17-35)26(30(23)18-21(31)25(22)39-30)29(38)33(15-7-2)24-19(3)12-11-13-20(24)4/h6-7,11-13,21-23,25-26,35H,1-2,8-10,14-18H2,3-5H3/t21?,22-,23+,25-,26?,30?/m1/s1. The molecule has 0 aromatic heterocycles. The number of hydrogen-bond acceptors (Lipinski definition) is 5. The highest BCUT2D eigenvalue weighted by atomic mass is 79.9. The van der Waals surface area contributed by atoms with Gasteiger partial charge in [-0.1, -0.05) is 46.3 Å². The maximum atomic E-state index is 14.7. The Hall–Kier alpha value is -2.10. The second-order valence-corrected chi connectivity index (χ2v) is 13.7. The zero-order chi connectivity index (χ0) is 28.5. The zero-order valence-corrected chi connectivity index (χ0v) is 25.5. The normalized spacial score (nSPS) is 28.9. The molecule has 1 aromatic rings. The van der Waals surface area contributed by atoms with Gasteiger partial charge in [0.2, 0.25) is 11.8 Å². The van der Waals surface area contributed by atoms with Crippen LogP contribution in [0.2, 0.25) is 0 Å². The molecule has 0 radical (unpaired) electrons. The van der Waals surface area contributed by atoms with Gasteiger partial charge in [-0.15, -0.1) is 24.9 Å². The molecule has 3 unspecified atom stereocenters. The Bertz CT molecular complexity index is 1120. The minimum absolute atomic E-state index is 0.0234. The first-order chi connectivity index (χ1) is 18.6. The van der Waals surface area contributed by atoms with E-state index in [0.717, 1.165) is 23.2 Å². The van der Waals surface area contributed by atoms with Crippen molar-refractivity contribution in [1.29, 1.82) is 0 Å². The van der Waals surface area contributed by atoms with Crippen molar-refractivity contribution in [3.8, 4) is 0 Å². The molecule has 39 heavy (non-hydrogen) atoms. The summed E-state index contributed by atoms with van der Waals surface area (Å²) in [6.07, 6.45) is 6.15. The van der Waals surface area contributed by atoms with Gasteiger partial charge >= 0.3 is 0 Å². The van der Waals surface area contributed by atoms with E-state index in [1.54, 1.807) is 45.7 Å². The third-order valence-electron chi connectivity index (χ3n) is 8.43. The van der Waals surface area contributed by atoms with Crippen molar-refractivity contribution in [2.75, 3.05) is 38.2 Å². The Kier molecular flexibility index (Phi) is 9.33. The number of likely N-dealkylation sites (N-methyl/N-ethyl adjacent to an activating group) is 1. The maximum Gasteiger partial charge on any atom is 0.251 e. The first-order valence-corrected chi connectivity index (χ1v) is 15.5. The minimum atomic E-state index is -0.699. The number of hydrogen-bond donors (Lipinski definition) is 1. The third-order valence-corrected chi connectivity index (χ3v) is 11.7. The molecular formula is C30H40BrN3O4S. The topological polar surface area (TPSA) is 81.2 Å². The third kappa shape index (κ3) is 5.10. The fourth-order valence-electron chi connectivity index (χ4n) is 6.84. The van der Waals surface area contributed by atoms with E-state index in [9.17, 15) is 19.5 Å². The number of aliphatic hydroxyl groups is 1. The number of aliphatic hydroxyl groups excluding tert-OH is 1. The lowest BCUT2D eigenvalue weighted by atomic mass is 9.70. The summed E-state index contributed by atoms with van der Waals surface area (Å²) in [5.74, 6) is -1.35. The van der Waals surface area contributed by atoms with Crippen LogP contribution in [0.15, 0.2) is 43.5 Å². The van der Waals surface area contributed by atoms with Crippen molar-refractivity contribution in [2.45, 2.75) is 60.4 Å². The highest BCUT2D eigenvalue weighted by Gasteiger charge is 2.76. The van der Waals surface area contributed by atoms with Crippen molar-refractivity contribution in [3.63, 3.8) is 0 Å². The number of carbonyl (C=O) groups is 3. The molecule has 3 aliphatic heterocycles. The van der Waals surface area contributed by atoms with Crippen LogP contribution in [-0.4, -0.2) is 86.8 Å². The second-order valence-electron chi connectivity index (χ2n) is 11.0. The minimum Gasteiger partial charge on any atom is -0.396 e. The monoisotopic (exact) mass is 617 g/mol. The molecule has 4 rings (SSSR count). The van der Waals surface area contributed by atoms with Crippen LogP contribution in [0.1, 0.15) is 36.8 Å². The van der Waals surface area contributed by atoms with E-state index < -0.39 is 22.6 Å². The van der Waals surface area contributed by atoms with Gasteiger partial charge in [0, 0.05) is 49.1 Å². The SMILES string of the molecule is C=CCN(C)C(=O)[C@H]1[C@@H]2SC3(CC2Br)C(C(=O)N(CC=C)c2c(C)cccc2C)N(CCCCCO)C(=O)[C@H]13. The Morgan fingerprint density at radius 2 is 1.82 bits per heavy atom. The van der Waals surface area contributed by atoms with Gasteiger partial charge in [-0.25, -0.2) is 0 Å². The lowest BCUT2D eigenvalue weighted by Crippen LogP contribution is -2.56. The maximum absolute atomic E-state index is 14.7. The summed E-state index contributed by atoms with van der Waals surface area (Å²) in [6.45, 7) is 12.9. The number of likely N-dealkylation sites (tertiary alicyclic amines) is 1. The second kappa shape index (κ2) is 12.2.